The molecule has 80 valence electrons. The zero-order valence-electron chi connectivity index (χ0n) is 9.24. The Balaban J connectivity index is 1.60. The van der Waals surface area contributed by atoms with E-state index in [1.54, 1.807) is 11.1 Å². The minimum absolute atomic E-state index is 0.0727. The first kappa shape index (κ1) is 9.37. The fourth-order valence-corrected chi connectivity index (χ4v) is 2.94. The molecule has 0 aromatic heterocycles. The molecule has 0 spiro atoms. The molecule has 0 amide bonds. The van der Waals surface area contributed by atoms with Gasteiger partial charge in [-0.15, -0.1) is 0 Å². The standard InChI is InChI=1S/C13H18N2/c1-13(14)8-15(9-13)7-11-6-10-4-2-3-5-12(10)11/h2-5,11H,6-9,14H2,1H3. The van der Waals surface area contributed by atoms with Gasteiger partial charge in [0.25, 0.3) is 0 Å². The molecule has 0 bridgehead atoms. The lowest BCUT2D eigenvalue weighted by atomic mass is 9.76. The van der Waals surface area contributed by atoms with Crippen molar-refractivity contribution < 1.29 is 0 Å². The maximum atomic E-state index is 6.00. The second-order valence-electron chi connectivity index (χ2n) is 5.42. The van der Waals surface area contributed by atoms with E-state index in [-0.39, 0.29) is 5.54 Å². The predicted molar refractivity (Wildman–Crippen MR) is 61.9 cm³/mol. The molecule has 1 aliphatic heterocycles. The molecule has 1 atom stereocenters. The van der Waals surface area contributed by atoms with Gasteiger partial charge in [0.2, 0.25) is 0 Å². The summed E-state index contributed by atoms with van der Waals surface area (Å²) in [5, 5.41) is 0. The average Bonchev–Trinajstić information content (AvgIpc) is 2.11. The second kappa shape index (κ2) is 3.06. The summed E-state index contributed by atoms with van der Waals surface area (Å²) in [7, 11) is 0. The van der Waals surface area contributed by atoms with Crippen molar-refractivity contribution in [3.8, 4) is 0 Å². The number of benzene rings is 1. The van der Waals surface area contributed by atoms with Crippen LogP contribution in [0.25, 0.3) is 0 Å². The topological polar surface area (TPSA) is 29.3 Å². The van der Waals surface area contributed by atoms with E-state index in [2.05, 4.69) is 36.1 Å². The van der Waals surface area contributed by atoms with Gasteiger partial charge >= 0.3 is 0 Å². The van der Waals surface area contributed by atoms with Crippen LogP contribution in [0.3, 0.4) is 0 Å². The summed E-state index contributed by atoms with van der Waals surface area (Å²) in [6.07, 6.45) is 1.26. The highest BCUT2D eigenvalue weighted by Gasteiger charge is 2.37. The van der Waals surface area contributed by atoms with E-state index in [9.17, 15) is 0 Å². The fraction of sp³-hybridized carbons (Fsp3) is 0.538. The molecule has 3 rings (SSSR count). The third kappa shape index (κ3) is 1.58. The van der Waals surface area contributed by atoms with E-state index in [0.29, 0.717) is 0 Å². The van der Waals surface area contributed by atoms with Gasteiger partial charge in [-0.05, 0) is 24.5 Å². The number of hydrogen-bond donors (Lipinski definition) is 1. The molecule has 1 aromatic rings. The van der Waals surface area contributed by atoms with Crippen molar-refractivity contribution in [3.05, 3.63) is 35.4 Å². The summed E-state index contributed by atoms with van der Waals surface area (Å²) in [5.74, 6) is 0.761. The summed E-state index contributed by atoms with van der Waals surface area (Å²) in [6.45, 7) is 5.46. The van der Waals surface area contributed by atoms with Gasteiger partial charge in [-0.25, -0.2) is 0 Å². The highest BCUT2D eigenvalue weighted by Crippen LogP contribution is 2.36. The monoisotopic (exact) mass is 202 g/mol. The molecule has 1 heterocycles. The molecule has 2 aliphatic rings. The Kier molecular flexibility index (Phi) is 1.91. The van der Waals surface area contributed by atoms with Gasteiger partial charge < -0.3 is 5.73 Å². The lowest BCUT2D eigenvalue weighted by molar-refractivity contribution is 0.0746. The van der Waals surface area contributed by atoms with Crippen LogP contribution in [0, 0.1) is 0 Å². The van der Waals surface area contributed by atoms with Gasteiger partial charge in [0.1, 0.15) is 0 Å². The molecule has 1 unspecified atom stereocenters. The van der Waals surface area contributed by atoms with Crippen molar-refractivity contribution in [2.75, 3.05) is 19.6 Å². The number of nitrogens with two attached hydrogens (primary N) is 1. The fourth-order valence-electron chi connectivity index (χ4n) is 2.94. The first-order chi connectivity index (χ1) is 7.14. The van der Waals surface area contributed by atoms with Crippen LogP contribution >= 0.6 is 0 Å². The minimum atomic E-state index is 0.0727. The summed E-state index contributed by atoms with van der Waals surface area (Å²) < 4.78 is 0. The van der Waals surface area contributed by atoms with E-state index >= 15 is 0 Å². The van der Waals surface area contributed by atoms with E-state index in [4.69, 9.17) is 5.73 Å². The maximum absolute atomic E-state index is 6.00. The summed E-state index contributed by atoms with van der Waals surface area (Å²) in [6, 6.07) is 8.80. The molecule has 1 aliphatic carbocycles. The van der Waals surface area contributed by atoms with Crippen LogP contribution in [0.2, 0.25) is 0 Å². The molecule has 1 fully saturated rings. The zero-order chi connectivity index (χ0) is 10.5. The molecule has 0 radical (unpaired) electrons. The van der Waals surface area contributed by atoms with E-state index in [1.165, 1.54) is 13.0 Å². The Hall–Kier alpha value is -0.860. The van der Waals surface area contributed by atoms with Gasteiger partial charge in [-0.1, -0.05) is 24.3 Å². The van der Waals surface area contributed by atoms with E-state index in [0.717, 1.165) is 19.0 Å². The van der Waals surface area contributed by atoms with Crippen molar-refractivity contribution in [3.63, 3.8) is 0 Å². The maximum Gasteiger partial charge on any atom is 0.0383 e. The number of rotatable bonds is 2. The van der Waals surface area contributed by atoms with Crippen LogP contribution in [0.4, 0.5) is 0 Å². The largest absolute Gasteiger partial charge is 0.323 e. The van der Waals surface area contributed by atoms with Gasteiger partial charge in [0.05, 0.1) is 0 Å². The van der Waals surface area contributed by atoms with Gasteiger partial charge in [-0.2, -0.15) is 0 Å². The summed E-state index contributed by atoms with van der Waals surface area (Å²) >= 11 is 0. The number of nitrogens with zero attached hydrogens (tertiary/aromatic N) is 1. The van der Waals surface area contributed by atoms with Crippen LogP contribution in [-0.4, -0.2) is 30.1 Å². The molecule has 1 saturated heterocycles. The predicted octanol–water partition coefficient (Wildman–Crippen LogP) is 1.36. The van der Waals surface area contributed by atoms with Crippen molar-refractivity contribution >= 4 is 0 Å². The third-order valence-electron chi connectivity index (χ3n) is 3.61. The van der Waals surface area contributed by atoms with E-state index in [1.807, 2.05) is 0 Å². The van der Waals surface area contributed by atoms with Gasteiger partial charge in [0.15, 0.2) is 0 Å². The molecule has 1 aromatic carbocycles. The Bertz CT molecular complexity index is 376. The Labute approximate surface area is 91.1 Å². The number of hydrogen-bond acceptors (Lipinski definition) is 2. The Morgan fingerprint density at radius 1 is 1.40 bits per heavy atom. The minimum Gasteiger partial charge on any atom is -0.323 e. The Morgan fingerprint density at radius 2 is 2.13 bits per heavy atom. The van der Waals surface area contributed by atoms with Crippen LogP contribution in [0.1, 0.15) is 24.0 Å². The molecule has 2 nitrogen and oxygen atoms in total. The molecule has 2 heteroatoms. The molecule has 2 N–H and O–H groups in total. The highest BCUT2D eigenvalue weighted by molar-refractivity contribution is 5.40. The molecular weight excluding hydrogens is 184 g/mol. The van der Waals surface area contributed by atoms with Crippen LogP contribution in [0.5, 0.6) is 0 Å². The SMILES string of the molecule is CC1(N)CN(CC2Cc3ccccc32)C1. The summed E-state index contributed by atoms with van der Waals surface area (Å²) in [5.41, 5.74) is 9.17. The van der Waals surface area contributed by atoms with Crippen molar-refractivity contribution in [2.24, 2.45) is 5.73 Å². The van der Waals surface area contributed by atoms with Crippen LogP contribution in [0.15, 0.2) is 24.3 Å². The molecular formula is C13H18N2. The lowest BCUT2D eigenvalue weighted by Crippen LogP contribution is -2.66. The first-order valence-electron chi connectivity index (χ1n) is 5.73. The van der Waals surface area contributed by atoms with Crippen LogP contribution in [-0.2, 0) is 6.42 Å². The molecule has 15 heavy (non-hydrogen) atoms. The van der Waals surface area contributed by atoms with Crippen molar-refractivity contribution in [2.45, 2.75) is 24.8 Å². The molecule has 0 saturated carbocycles. The Morgan fingerprint density at radius 3 is 2.80 bits per heavy atom. The quantitative estimate of drug-likeness (QED) is 0.784. The normalized spacial score (nSPS) is 27.7. The van der Waals surface area contributed by atoms with Crippen molar-refractivity contribution in [1.82, 2.24) is 4.90 Å². The second-order valence-corrected chi connectivity index (χ2v) is 5.42. The van der Waals surface area contributed by atoms with Crippen molar-refractivity contribution in [1.29, 1.82) is 0 Å². The van der Waals surface area contributed by atoms with Gasteiger partial charge in [-0.3, -0.25) is 4.90 Å². The van der Waals surface area contributed by atoms with E-state index < -0.39 is 0 Å². The number of likely N-dealkylation sites (tertiary alicyclic amines) is 1. The summed E-state index contributed by atoms with van der Waals surface area (Å²) in [4.78, 5) is 2.47. The average molecular weight is 202 g/mol. The van der Waals surface area contributed by atoms with Gasteiger partial charge in [0, 0.05) is 31.1 Å². The highest BCUT2D eigenvalue weighted by atomic mass is 15.2. The van der Waals surface area contributed by atoms with Crippen LogP contribution < -0.4 is 5.73 Å². The lowest BCUT2D eigenvalue weighted by Gasteiger charge is -2.48. The third-order valence-corrected chi connectivity index (χ3v) is 3.61. The zero-order valence-corrected chi connectivity index (χ0v) is 9.24. The smallest absolute Gasteiger partial charge is 0.0383 e. The number of fused-ring (bicyclic) bond motifs is 1. The first-order valence-corrected chi connectivity index (χ1v) is 5.73.